The summed E-state index contributed by atoms with van der Waals surface area (Å²) in [5.74, 6) is -3.96. The van der Waals surface area contributed by atoms with Gasteiger partial charge in [0.1, 0.15) is 5.75 Å². The van der Waals surface area contributed by atoms with Gasteiger partial charge in [-0.25, -0.2) is 0 Å². The highest BCUT2D eigenvalue weighted by atomic mass is 79.9. The van der Waals surface area contributed by atoms with Crippen LogP contribution in [-0.2, 0) is 14.3 Å². The van der Waals surface area contributed by atoms with Gasteiger partial charge in [-0.15, -0.1) is 0 Å². The van der Waals surface area contributed by atoms with E-state index in [0.717, 1.165) is 4.47 Å². The summed E-state index contributed by atoms with van der Waals surface area (Å²) in [4.78, 5) is 38.6. The molecule has 1 heterocycles. The van der Waals surface area contributed by atoms with E-state index in [1.165, 1.54) is 7.11 Å². The van der Waals surface area contributed by atoms with Gasteiger partial charge in [0.25, 0.3) is 0 Å². The van der Waals surface area contributed by atoms with E-state index in [9.17, 15) is 14.4 Å². The molecule has 0 radical (unpaired) electrons. The number of halogens is 3. The number of benzene rings is 2. The van der Waals surface area contributed by atoms with Crippen LogP contribution < -0.4 is 4.74 Å². The minimum Gasteiger partial charge on any atom is -0.468 e. The molecule has 0 aliphatic carbocycles. The first-order valence-electron chi connectivity index (χ1n) is 8.86. The highest BCUT2D eigenvalue weighted by molar-refractivity contribution is 9.11. The fraction of sp³-hybridized carbons (Fsp3) is 0.286. The largest absolute Gasteiger partial charge is 0.468 e. The molecule has 0 saturated carbocycles. The molecule has 0 amide bonds. The second kappa shape index (κ2) is 8.98. The van der Waals surface area contributed by atoms with E-state index in [-0.39, 0.29) is 5.78 Å². The molecule has 1 aliphatic heterocycles. The summed E-state index contributed by atoms with van der Waals surface area (Å²) in [6.45, 7) is 1.85. The van der Waals surface area contributed by atoms with Crippen molar-refractivity contribution in [2.75, 3.05) is 7.11 Å². The highest BCUT2D eigenvalue weighted by Gasteiger charge is 2.49. The van der Waals surface area contributed by atoms with Gasteiger partial charge >= 0.3 is 11.9 Å². The predicted octanol–water partition coefficient (Wildman–Crippen LogP) is 5.57. The van der Waals surface area contributed by atoms with Gasteiger partial charge in [-0.05, 0) is 58.7 Å². The van der Waals surface area contributed by atoms with Crippen LogP contribution in [0.15, 0.2) is 45.3 Å². The van der Waals surface area contributed by atoms with Gasteiger partial charge in [-0.3, -0.25) is 14.4 Å². The van der Waals surface area contributed by atoms with Crippen LogP contribution in [0.3, 0.4) is 0 Å². The molecule has 1 aliphatic rings. The Hall–Kier alpha value is -1.70. The zero-order chi connectivity index (χ0) is 21.3. The van der Waals surface area contributed by atoms with E-state index in [2.05, 4.69) is 31.9 Å². The van der Waals surface area contributed by atoms with E-state index in [1.807, 2.05) is 6.92 Å². The number of esters is 2. The lowest BCUT2D eigenvalue weighted by atomic mass is 9.71. The molecular weight excluding hydrogens is 527 g/mol. The number of hydrogen-bond donors (Lipinski definition) is 0. The van der Waals surface area contributed by atoms with Gasteiger partial charge in [-0.1, -0.05) is 34.5 Å². The minimum atomic E-state index is -1.24. The maximum absolute atomic E-state index is 13.4. The summed E-state index contributed by atoms with van der Waals surface area (Å²) in [7, 11) is 1.21. The third kappa shape index (κ3) is 4.27. The summed E-state index contributed by atoms with van der Waals surface area (Å²) >= 11 is 12.8. The molecule has 29 heavy (non-hydrogen) atoms. The maximum Gasteiger partial charge on any atom is 0.326 e. The molecule has 3 atom stereocenters. The van der Waals surface area contributed by atoms with Crippen LogP contribution in [0.4, 0.5) is 0 Å². The van der Waals surface area contributed by atoms with Crippen molar-refractivity contribution in [3.05, 3.63) is 61.5 Å². The Morgan fingerprint density at radius 3 is 2.45 bits per heavy atom. The number of fused-ring (bicyclic) bond motifs is 1. The molecule has 8 heteroatoms. The summed E-state index contributed by atoms with van der Waals surface area (Å²) in [6, 6.07) is 10.1. The summed E-state index contributed by atoms with van der Waals surface area (Å²) in [5, 5.41) is 0.515. The Kier molecular flexibility index (Phi) is 6.81. The monoisotopic (exact) mass is 542 g/mol. The zero-order valence-electron chi connectivity index (χ0n) is 15.6. The quantitative estimate of drug-likeness (QED) is 0.213. The average Bonchev–Trinajstić information content (AvgIpc) is 2.69. The number of carbonyl (C=O) groups excluding carboxylic acids is 3. The number of carbonyl (C=O) groups is 3. The van der Waals surface area contributed by atoms with Crippen molar-refractivity contribution < 1.29 is 23.9 Å². The summed E-state index contributed by atoms with van der Waals surface area (Å²) < 4.78 is 11.6. The lowest BCUT2D eigenvalue weighted by Gasteiger charge is -2.35. The van der Waals surface area contributed by atoms with Crippen LogP contribution in [0, 0.1) is 11.8 Å². The number of hydrogen-bond acceptors (Lipinski definition) is 5. The van der Waals surface area contributed by atoms with E-state index in [4.69, 9.17) is 21.1 Å². The second-order valence-corrected chi connectivity index (χ2v) is 8.85. The van der Waals surface area contributed by atoms with Crippen molar-refractivity contribution in [2.24, 2.45) is 11.8 Å². The molecule has 0 unspecified atom stereocenters. The minimum absolute atomic E-state index is 0.181. The standard InChI is InChI=1S/C21H17Br2ClO5/c1-3-13(18(25)10-4-6-12(24)7-5-10)16-14-8-11(22)9-15(23)19(14)29-21(27)17(16)20(26)28-2/h4-9,13,16-17H,3H2,1-2H3/t13-,16+,17-/m0/s1. The Morgan fingerprint density at radius 1 is 1.21 bits per heavy atom. The van der Waals surface area contributed by atoms with E-state index in [0.29, 0.717) is 32.8 Å². The van der Waals surface area contributed by atoms with Gasteiger partial charge in [0.05, 0.1) is 11.6 Å². The Bertz CT molecular complexity index is 974. The first-order valence-corrected chi connectivity index (χ1v) is 10.8. The molecule has 0 aromatic heterocycles. The third-order valence-electron chi connectivity index (χ3n) is 5.01. The van der Waals surface area contributed by atoms with Gasteiger partial charge in [0.15, 0.2) is 11.7 Å². The van der Waals surface area contributed by atoms with Crippen LogP contribution in [0.25, 0.3) is 0 Å². The molecule has 0 fully saturated rings. The number of ether oxygens (including phenoxy) is 2. The normalized spacial score (nSPS) is 19.1. The van der Waals surface area contributed by atoms with Crippen molar-refractivity contribution in [2.45, 2.75) is 19.3 Å². The van der Waals surface area contributed by atoms with Crippen LogP contribution in [0.2, 0.25) is 5.02 Å². The van der Waals surface area contributed by atoms with Crippen LogP contribution in [0.1, 0.15) is 35.2 Å². The molecule has 2 aromatic carbocycles. The fourth-order valence-corrected chi connectivity index (χ4v) is 5.14. The molecular formula is C21H17Br2ClO5. The third-order valence-corrected chi connectivity index (χ3v) is 6.30. The highest BCUT2D eigenvalue weighted by Crippen LogP contribution is 2.48. The van der Waals surface area contributed by atoms with Gasteiger partial charge in [0.2, 0.25) is 0 Å². The van der Waals surface area contributed by atoms with Crippen LogP contribution in [0.5, 0.6) is 5.75 Å². The second-order valence-electron chi connectivity index (χ2n) is 6.64. The van der Waals surface area contributed by atoms with Crippen molar-refractivity contribution >= 4 is 61.2 Å². The molecule has 3 rings (SSSR count). The number of Topliss-reactive ketones (excluding diaryl/α,β-unsaturated/α-hetero) is 1. The summed E-state index contributed by atoms with van der Waals surface area (Å²) in [5.41, 5.74) is 1.05. The number of methoxy groups -OCH3 is 1. The van der Waals surface area contributed by atoms with Crippen LogP contribution >= 0.6 is 43.5 Å². The SMILES string of the molecule is CC[C@H](C(=O)c1ccc(Cl)cc1)[C@@H]1c2cc(Br)cc(Br)c2OC(=O)[C@@H]1C(=O)OC. The zero-order valence-corrected chi connectivity index (χ0v) is 19.5. The van der Waals surface area contributed by atoms with Crippen molar-refractivity contribution in [3.8, 4) is 5.75 Å². The smallest absolute Gasteiger partial charge is 0.326 e. The molecule has 5 nitrogen and oxygen atoms in total. The molecule has 0 bridgehead atoms. The first-order chi connectivity index (χ1) is 13.8. The molecule has 0 N–H and O–H groups in total. The van der Waals surface area contributed by atoms with Crippen molar-refractivity contribution in [1.29, 1.82) is 0 Å². The lowest BCUT2D eigenvalue weighted by Crippen LogP contribution is -2.42. The lowest BCUT2D eigenvalue weighted by molar-refractivity contribution is -0.158. The van der Waals surface area contributed by atoms with E-state index in [1.54, 1.807) is 36.4 Å². The van der Waals surface area contributed by atoms with Gasteiger partial charge in [-0.2, -0.15) is 0 Å². The van der Waals surface area contributed by atoms with Crippen LogP contribution in [-0.4, -0.2) is 24.8 Å². The fourth-order valence-electron chi connectivity index (χ4n) is 3.68. The first kappa shape index (κ1) is 22.0. The van der Waals surface area contributed by atoms with Gasteiger partial charge in [0, 0.05) is 32.5 Å². The Labute approximate surface area is 190 Å². The number of ketones is 1. The maximum atomic E-state index is 13.4. The predicted molar refractivity (Wildman–Crippen MR) is 115 cm³/mol. The van der Waals surface area contributed by atoms with E-state index < -0.39 is 29.7 Å². The van der Waals surface area contributed by atoms with E-state index >= 15 is 0 Å². The molecule has 152 valence electrons. The van der Waals surface area contributed by atoms with Crippen molar-refractivity contribution in [3.63, 3.8) is 0 Å². The Balaban J connectivity index is 2.17. The van der Waals surface area contributed by atoms with Gasteiger partial charge < -0.3 is 9.47 Å². The molecule has 2 aromatic rings. The topological polar surface area (TPSA) is 69.7 Å². The summed E-state index contributed by atoms with van der Waals surface area (Å²) in [6.07, 6.45) is 0.413. The molecule has 0 spiro atoms. The average molecular weight is 545 g/mol. The molecule has 0 saturated heterocycles. The van der Waals surface area contributed by atoms with Crippen molar-refractivity contribution in [1.82, 2.24) is 0 Å². The Morgan fingerprint density at radius 2 is 1.86 bits per heavy atom. The number of rotatable bonds is 5.